The Kier molecular flexibility index (Phi) is 6.82. The van der Waals surface area contributed by atoms with Crippen molar-refractivity contribution in [1.82, 2.24) is 14.6 Å². The molecule has 41 heavy (non-hydrogen) atoms. The summed E-state index contributed by atoms with van der Waals surface area (Å²) in [6, 6.07) is 27.7. The van der Waals surface area contributed by atoms with E-state index < -0.39 is 5.25 Å². The molecule has 1 unspecified atom stereocenters. The van der Waals surface area contributed by atoms with Crippen molar-refractivity contribution < 1.29 is 9.21 Å². The Hall–Kier alpha value is -4.87. The SMILES string of the molecule is Cc1cc(C)c2c(c1)c(C)cc1nnc(SC(C)C(=O)Nc3oc(-c4ccccc4)c(-c4ccccc4)c3C#N)n12. The van der Waals surface area contributed by atoms with E-state index in [-0.39, 0.29) is 17.4 Å². The lowest BCUT2D eigenvalue weighted by Gasteiger charge is -2.13. The van der Waals surface area contributed by atoms with Gasteiger partial charge in [-0.15, -0.1) is 10.2 Å². The van der Waals surface area contributed by atoms with Crippen LogP contribution in [0.4, 0.5) is 5.88 Å². The summed E-state index contributed by atoms with van der Waals surface area (Å²) < 4.78 is 8.22. The number of carbonyl (C=O) groups excluding carboxylic acids is 1. The molecule has 0 aliphatic rings. The molecule has 0 radical (unpaired) electrons. The van der Waals surface area contributed by atoms with E-state index in [0.29, 0.717) is 16.5 Å². The van der Waals surface area contributed by atoms with Crippen LogP contribution < -0.4 is 5.32 Å². The van der Waals surface area contributed by atoms with Gasteiger partial charge in [0, 0.05) is 16.5 Å². The van der Waals surface area contributed by atoms with Crippen LogP contribution in [-0.2, 0) is 4.79 Å². The molecule has 3 aromatic heterocycles. The van der Waals surface area contributed by atoms with Gasteiger partial charge in [-0.1, -0.05) is 84.1 Å². The first-order valence-corrected chi connectivity index (χ1v) is 14.1. The van der Waals surface area contributed by atoms with Crippen molar-refractivity contribution in [2.75, 3.05) is 5.32 Å². The van der Waals surface area contributed by atoms with Crippen LogP contribution in [0.5, 0.6) is 0 Å². The first kappa shape index (κ1) is 26.4. The number of nitriles is 1. The van der Waals surface area contributed by atoms with Crippen molar-refractivity contribution in [1.29, 1.82) is 5.26 Å². The molecule has 0 aliphatic heterocycles. The highest BCUT2D eigenvalue weighted by molar-refractivity contribution is 8.00. The molecule has 8 heteroatoms. The maximum Gasteiger partial charge on any atom is 0.240 e. The number of aryl methyl sites for hydroxylation is 3. The van der Waals surface area contributed by atoms with Gasteiger partial charge < -0.3 is 4.42 Å². The molecule has 0 saturated heterocycles. The van der Waals surface area contributed by atoms with Gasteiger partial charge in [-0.2, -0.15) is 5.26 Å². The molecule has 0 fully saturated rings. The summed E-state index contributed by atoms with van der Waals surface area (Å²) in [5, 5.41) is 23.1. The highest BCUT2D eigenvalue weighted by Gasteiger charge is 2.27. The van der Waals surface area contributed by atoms with E-state index in [2.05, 4.69) is 54.5 Å². The zero-order chi connectivity index (χ0) is 28.7. The maximum absolute atomic E-state index is 13.5. The summed E-state index contributed by atoms with van der Waals surface area (Å²) in [5.74, 6) is 0.348. The third-order valence-corrected chi connectivity index (χ3v) is 8.15. The minimum atomic E-state index is -0.554. The van der Waals surface area contributed by atoms with Crippen LogP contribution in [-0.4, -0.2) is 25.8 Å². The van der Waals surface area contributed by atoms with Gasteiger partial charge in [0.25, 0.3) is 0 Å². The molecule has 1 amide bonds. The summed E-state index contributed by atoms with van der Waals surface area (Å²) in [7, 11) is 0. The van der Waals surface area contributed by atoms with E-state index in [1.54, 1.807) is 6.92 Å². The molecule has 0 spiro atoms. The van der Waals surface area contributed by atoms with Gasteiger partial charge in [0.05, 0.1) is 10.8 Å². The lowest BCUT2D eigenvalue weighted by atomic mass is 9.98. The van der Waals surface area contributed by atoms with Crippen molar-refractivity contribution in [3.8, 4) is 28.5 Å². The zero-order valence-corrected chi connectivity index (χ0v) is 23.9. The van der Waals surface area contributed by atoms with Crippen LogP contribution in [0.3, 0.4) is 0 Å². The summed E-state index contributed by atoms with van der Waals surface area (Å²) in [5.41, 5.74) is 7.75. The molecule has 3 aromatic carbocycles. The quantitative estimate of drug-likeness (QED) is 0.211. The fourth-order valence-corrected chi connectivity index (χ4v) is 6.07. The number of carbonyl (C=O) groups is 1. The predicted octanol–water partition coefficient (Wildman–Crippen LogP) is 7.73. The Balaban J connectivity index is 1.36. The van der Waals surface area contributed by atoms with E-state index in [0.717, 1.165) is 38.8 Å². The van der Waals surface area contributed by atoms with Gasteiger partial charge in [0.2, 0.25) is 11.8 Å². The monoisotopic (exact) mass is 557 g/mol. The smallest absolute Gasteiger partial charge is 0.240 e. The van der Waals surface area contributed by atoms with Crippen LogP contribution in [0, 0.1) is 32.1 Å². The first-order chi connectivity index (χ1) is 19.9. The second kappa shape index (κ2) is 10.6. The Morgan fingerprint density at radius 3 is 2.32 bits per heavy atom. The number of thioether (sulfide) groups is 1. The van der Waals surface area contributed by atoms with Crippen LogP contribution >= 0.6 is 11.8 Å². The number of fused-ring (bicyclic) bond motifs is 3. The number of nitrogens with zero attached hydrogens (tertiary/aromatic N) is 4. The molecule has 6 aromatic rings. The van der Waals surface area contributed by atoms with Crippen molar-refractivity contribution in [2.24, 2.45) is 0 Å². The van der Waals surface area contributed by atoms with Crippen molar-refractivity contribution in [2.45, 2.75) is 38.1 Å². The molecule has 1 N–H and O–H groups in total. The van der Waals surface area contributed by atoms with E-state index in [4.69, 9.17) is 4.42 Å². The van der Waals surface area contributed by atoms with Gasteiger partial charge in [-0.3, -0.25) is 14.5 Å². The number of anilines is 1. The van der Waals surface area contributed by atoms with Crippen LogP contribution in [0.1, 0.15) is 29.2 Å². The lowest BCUT2D eigenvalue weighted by molar-refractivity contribution is -0.115. The Morgan fingerprint density at radius 1 is 0.951 bits per heavy atom. The Morgan fingerprint density at radius 2 is 1.63 bits per heavy atom. The highest BCUT2D eigenvalue weighted by atomic mass is 32.2. The topological polar surface area (TPSA) is 96.2 Å². The molecule has 202 valence electrons. The molecular weight excluding hydrogens is 530 g/mol. The average Bonchev–Trinajstić information content (AvgIpc) is 3.54. The van der Waals surface area contributed by atoms with E-state index in [1.165, 1.54) is 17.3 Å². The van der Waals surface area contributed by atoms with E-state index in [9.17, 15) is 10.1 Å². The Labute approximate surface area is 241 Å². The number of nitrogens with one attached hydrogen (secondary N) is 1. The number of amides is 1. The molecular formula is C33H27N5O2S. The second-order valence-corrected chi connectivity index (χ2v) is 11.4. The van der Waals surface area contributed by atoms with Crippen LogP contribution in [0.25, 0.3) is 39.0 Å². The zero-order valence-electron chi connectivity index (χ0n) is 23.1. The van der Waals surface area contributed by atoms with Crippen LogP contribution in [0.15, 0.2) is 88.4 Å². The second-order valence-electron chi connectivity index (χ2n) is 10.1. The molecule has 0 saturated carbocycles. The maximum atomic E-state index is 13.5. The van der Waals surface area contributed by atoms with Crippen molar-refractivity contribution in [3.05, 3.63) is 101 Å². The first-order valence-electron chi connectivity index (χ1n) is 13.3. The van der Waals surface area contributed by atoms with Crippen LogP contribution in [0.2, 0.25) is 0 Å². The van der Waals surface area contributed by atoms with Gasteiger partial charge in [0.15, 0.2) is 10.8 Å². The van der Waals surface area contributed by atoms with Crippen molar-refractivity contribution >= 4 is 40.1 Å². The fourth-order valence-electron chi connectivity index (χ4n) is 5.21. The number of aromatic nitrogens is 3. The lowest BCUT2D eigenvalue weighted by Crippen LogP contribution is -2.23. The minimum Gasteiger partial charge on any atom is -0.438 e. The summed E-state index contributed by atoms with van der Waals surface area (Å²) in [4.78, 5) is 13.5. The largest absolute Gasteiger partial charge is 0.438 e. The molecule has 6 rings (SSSR count). The van der Waals surface area contributed by atoms with Gasteiger partial charge in [-0.25, -0.2) is 0 Å². The van der Waals surface area contributed by atoms with Gasteiger partial charge in [0.1, 0.15) is 17.4 Å². The molecule has 3 heterocycles. The number of benzene rings is 3. The number of hydrogen-bond acceptors (Lipinski definition) is 6. The number of hydrogen-bond donors (Lipinski definition) is 1. The van der Waals surface area contributed by atoms with Crippen molar-refractivity contribution in [3.63, 3.8) is 0 Å². The average molecular weight is 558 g/mol. The minimum absolute atomic E-state index is 0.126. The number of pyridine rings is 1. The summed E-state index contributed by atoms with van der Waals surface area (Å²) in [6.45, 7) is 8.04. The number of furan rings is 1. The molecule has 1 atom stereocenters. The standard InChI is InChI=1S/C33H27N5O2S/c1-19-15-21(3)29-25(16-19)20(2)17-27-36-37-33(38(27)29)41-22(4)31(39)35-32-26(18-34)28(23-11-7-5-8-12-23)30(40-32)24-13-9-6-10-14-24/h5-17,22H,1-4H3,(H,35,39). The van der Waals surface area contributed by atoms with Gasteiger partial charge >= 0.3 is 0 Å². The predicted molar refractivity (Wildman–Crippen MR) is 163 cm³/mol. The molecule has 7 nitrogen and oxygen atoms in total. The van der Waals surface area contributed by atoms with Gasteiger partial charge in [-0.05, 0) is 56.5 Å². The Bertz CT molecular complexity index is 1970. The van der Waals surface area contributed by atoms with E-state index in [1.807, 2.05) is 71.1 Å². The number of rotatable bonds is 6. The summed E-state index contributed by atoms with van der Waals surface area (Å²) in [6.07, 6.45) is 0. The summed E-state index contributed by atoms with van der Waals surface area (Å²) >= 11 is 1.31. The highest BCUT2D eigenvalue weighted by Crippen LogP contribution is 2.41. The third-order valence-electron chi connectivity index (χ3n) is 7.10. The molecule has 0 aliphatic carbocycles. The third kappa shape index (κ3) is 4.75. The fraction of sp³-hybridized carbons (Fsp3) is 0.152. The molecule has 0 bridgehead atoms. The van der Waals surface area contributed by atoms with E-state index >= 15 is 0 Å². The normalized spacial score (nSPS) is 12.0.